The topological polar surface area (TPSA) is 113 Å². The number of carboxylic acids is 1. The highest BCUT2D eigenvalue weighted by Gasteiger charge is 2.53. The van der Waals surface area contributed by atoms with E-state index in [-0.39, 0.29) is 5.70 Å². The van der Waals surface area contributed by atoms with Gasteiger partial charge in [-0.2, -0.15) is 0 Å². The Hall–Kier alpha value is -2.32. The number of nitrogens with one attached hydrogen (secondary N) is 1. The lowest BCUT2D eigenvalue weighted by atomic mass is 10.0. The molecule has 0 aliphatic carbocycles. The Morgan fingerprint density at radius 1 is 1.32 bits per heavy atom. The van der Waals surface area contributed by atoms with E-state index in [0.717, 1.165) is 5.56 Å². The number of fused-ring (bicyclic) bond motifs is 1. The summed E-state index contributed by atoms with van der Waals surface area (Å²) in [6.45, 7) is 3.63. The van der Waals surface area contributed by atoms with E-state index in [0.29, 0.717) is 16.9 Å². The highest BCUT2D eigenvalue weighted by Crippen LogP contribution is 2.40. The number of aryl methyl sites for hydroxylation is 1. The maximum atomic E-state index is 12.4. The van der Waals surface area contributed by atoms with E-state index in [1.165, 1.54) is 16.7 Å². The highest BCUT2D eigenvalue weighted by atomic mass is 32.2. The first-order valence-electron chi connectivity index (χ1n) is 7.81. The zero-order valence-corrected chi connectivity index (χ0v) is 14.7. The first-order valence-corrected chi connectivity index (χ1v) is 8.86. The quantitative estimate of drug-likeness (QED) is 0.682. The fourth-order valence-corrected chi connectivity index (χ4v) is 4.24. The van der Waals surface area contributed by atoms with Crippen LogP contribution in [0.5, 0.6) is 0 Å². The van der Waals surface area contributed by atoms with Crippen LogP contribution in [0.1, 0.15) is 24.1 Å². The van der Waals surface area contributed by atoms with Crippen LogP contribution in [0.2, 0.25) is 0 Å². The molecule has 132 valence electrons. The van der Waals surface area contributed by atoms with Gasteiger partial charge in [-0.1, -0.05) is 29.8 Å². The van der Waals surface area contributed by atoms with Crippen molar-refractivity contribution in [2.45, 2.75) is 31.3 Å². The SMILES string of the molecule is CC1=C(C(=O)O)N2C(=O)C(NC(=O)C(N)c3ccc(C)cc3)[C@H]2SC1. The van der Waals surface area contributed by atoms with Gasteiger partial charge in [-0.05, 0) is 25.0 Å². The van der Waals surface area contributed by atoms with E-state index in [4.69, 9.17) is 5.73 Å². The van der Waals surface area contributed by atoms with Gasteiger partial charge in [0.2, 0.25) is 5.91 Å². The minimum Gasteiger partial charge on any atom is -0.477 e. The molecule has 1 saturated heterocycles. The second kappa shape index (κ2) is 6.53. The summed E-state index contributed by atoms with van der Waals surface area (Å²) in [4.78, 5) is 37.4. The van der Waals surface area contributed by atoms with Crippen LogP contribution in [0.25, 0.3) is 0 Å². The number of carboxylic acid groups (broad SMARTS) is 1. The summed E-state index contributed by atoms with van der Waals surface area (Å²) in [5, 5.41) is 11.6. The first-order chi connectivity index (χ1) is 11.8. The van der Waals surface area contributed by atoms with Gasteiger partial charge in [0.25, 0.3) is 5.91 Å². The molecule has 0 aromatic heterocycles. The molecule has 7 nitrogen and oxygen atoms in total. The summed E-state index contributed by atoms with van der Waals surface area (Å²) in [5.41, 5.74) is 8.35. The molecule has 2 heterocycles. The molecular formula is C17H19N3O4S. The number of hydrogen-bond donors (Lipinski definition) is 3. The van der Waals surface area contributed by atoms with E-state index in [9.17, 15) is 19.5 Å². The molecule has 0 radical (unpaired) electrons. The molecule has 8 heteroatoms. The Morgan fingerprint density at radius 3 is 2.56 bits per heavy atom. The van der Waals surface area contributed by atoms with E-state index in [1.807, 2.05) is 19.1 Å². The van der Waals surface area contributed by atoms with E-state index in [1.54, 1.807) is 19.1 Å². The van der Waals surface area contributed by atoms with Crippen molar-refractivity contribution in [3.05, 3.63) is 46.7 Å². The molecule has 0 saturated carbocycles. The third-order valence-corrected chi connectivity index (χ3v) is 5.80. The lowest BCUT2D eigenvalue weighted by Gasteiger charge is -2.49. The number of hydrogen-bond acceptors (Lipinski definition) is 5. The van der Waals surface area contributed by atoms with Crippen LogP contribution in [0.3, 0.4) is 0 Å². The molecule has 3 atom stereocenters. The average molecular weight is 361 g/mol. The normalized spacial score (nSPS) is 23.6. The Balaban J connectivity index is 1.71. The van der Waals surface area contributed by atoms with Gasteiger partial charge < -0.3 is 16.2 Å². The van der Waals surface area contributed by atoms with Gasteiger partial charge in [0, 0.05) is 5.75 Å². The third-order valence-electron chi connectivity index (χ3n) is 4.38. The minimum atomic E-state index is -1.13. The van der Waals surface area contributed by atoms with Crippen molar-refractivity contribution in [1.29, 1.82) is 0 Å². The molecule has 0 bridgehead atoms. The van der Waals surface area contributed by atoms with Crippen molar-refractivity contribution >= 4 is 29.5 Å². The largest absolute Gasteiger partial charge is 0.477 e. The molecule has 2 aliphatic rings. The number of rotatable bonds is 4. The zero-order chi connectivity index (χ0) is 18.3. The number of amides is 2. The molecule has 1 aromatic rings. The predicted molar refractivity (Wildman–Crippen MR) is 93.5 cm³/mol. The van der Waals surface area contributed by atoms with Gasteiger partial charge in [-0.15, -0.1) is 11.8 Å². The van der Waals surface area contributed by atoms with Crippen molar-refractivity contribution in [2.24, 2.45) is 5.73 Å². The van der Waals surface area contributed by atoms with Crippen LogP contribution in [-0.2, 0) is 14.4 Å². The van der Waals surface area contributed by atoms with Crippen LogP contribution < -0.4 is 11.1 Å². The molecule has 2 unspecified atom stereocenters. The number of nitrogens with zero attached hydrogens (tertiary/aromatic N) is 1. The number of nitrogens with two attached hydrogens (primary N) is 1. The lowest BCUT2D eigenvalue weighted by Crippen LogP contribution is -2.71. The lowest BCUT2D eigenvalue weighted by molar-refractivity contribution is -0.150. The van der Waals surface area contributed by atoms with Crippen molar-refractivity contribution in [1.82, 2.24) is 10.2 Å². The van der Waals surface area contributed by atoms with Crippen LogP contribution in [0.4, 0.5) is 0 Å². The molecule has 0 spiro atoms. The van der Waals surface area contributed by atoms with E-state index in [2.05, 4.69) is 5.32 Å². The molecule has 4 N–H and O–H groups in total. The second-order valence-corrected chi connectivity index (χ2v) is 7.32. The van der Waals surface area contributed by atoms with Crippen LogP contribution in [0.15, 0.2) is 35.5 Å². The van der Waals surface area contributed by atoms with E-state index < -0.39 is 35.2 Å². The van der Waals surface area contributed by atoms with Gasteiger partial charge in [0.1, 0.15) is 23.2 Å². The standard InChI is InChI=1S/C17H19N3O4S/c1-8-3-5-10(6-4-8)11(18)14(21)19-12-15(22)20-13(17(23)24)9(2)7-25-16(12)20/h3-6,11-12,16H,7,18H2,1-2H3,(H,19,21)(H,23,24)/t11?,12?,16-/m1/s1. The fraction of sp³-hybridized carbons (Fsp3) is 0.353. The number of β-lactam (4-membered cyclic amide) rings is 1. The maximum Gasteiger partial charge on any atom is 0.352 e. The van der Waals surface area contributed by atoms with Crippen LogP contribution >= 0.6 is 11.8 Å². The van der Waals surface area contributed by atoms with Crippen molar-refractivity contribution in [3.63, 3.8) is 0 Å². The molecule has 1 aromatic carbocycles. The summed E-state index contributed by atoms with van der Waals surface area (Å²) in [7, 11) is 0. The number of aliphatic carboxylic acids is 1. The maximum absolute atomic E-state index is 12.4. The van der Waals surface area contributed by atoms with Crippen molar-refractivity contribution in [2.75, 3.05) is 5.75 Å². The molecule has 2 amide bonds. The summed E-state index contributed by atoms with van der Waals surface area (Å²) < 4.78 is 0. The van der Waals surface area contributed by atoms with E-state index >= 15 is 0 Å². The smallest absolute Gasteiger partial charge is 0.352 e. The van der Waals surface area contributed by atoms with Gasteiger partial charge in [-0.25, -0.2) is 4.79 Å². The van der Waals surface area contributed by atoms with Gasteiger partial charge in [-0.3, -0.25) is 14.5 Å². The highest BCUT2D eigenvalue weighted by molar-refractivity contribution is 8.00. The second-order valence-electron chi connectivity index (χ2n) is 6.22. The Kier molecular flexibility index (Phi) is 4.57. The predicted octanol–water partition coefficient (Wildman–Crippen LogP) is 0.753. The summed E-state index contributed by atoms with van der Waals surface area (Å²) >= 11 is 1.43. The molecule has 25 heavy (non-hydrogen) atoms. The molecule has 2 aliphatic heterocycles. The van der Waals surface area contributed by atoms with Crippen LogP contribution in [-0.4, -0.2) is 45.0 Å². The fourth-order valence-electron chi connectivity index (χ4n) is 2.94. The number of carbonyl (C=O) groups is 3. The van der Waals surface area contributed by atoms with Gasteiger partial charge in [0.15, 0.2) is 0 Å². The van der Waals surface area contributed by atoms with Crippen molar-refractivity contribution < 1.29 is 19.5 Å². The van der Waals surface area contributed by atoms with Gasteiger partial charge in [0.05, 0.1) is 0 Å². The third kappa shape index (κ3) is 3.03. The number of thioether (sulfide) groups is 1. The molecule has 3 rings (SSSR count). The molecular weight excluding hydrogens is 342 g/mol. The number of carbonyl (C=O) groups excluding carboxylic acids is 2. The summed E-state index contributed by atoms with van der Waals surface area (Å²) in [5.74, 6) is -1.49. The Morgan fingerprint density at radius 2 is 1.96 bits per heavy atom. The summed E-state index contributed by atoms with van der Waals surface area (Å²) in [6.07, 6.45) is 0. The Labute approximate surface area is 149 Å². The van der Waals surface area contributed by atoms with Crippen LogP contribution in [0, 0.1) is 6.92 Å². The minimum absolute atomic E-state index is 0.0158. The molecule has 1 fully saturated rings. The number of benzene rings is 1. The van der Waals surface area contributed by atoms with Crippen molar-refractivity contribution in [3.8, 4) is 0 Å². The zero-order valence-electron chi connectivity index (χ0n) is 13.9. The first kappa shape index (κ1) is 17.5. The average Bonchev–Trinajstić information content (AvgIpc) is 2.58. The Bertz CT molecular complexity index is 775. The monoisotopic (exact) mass is 361 g/mol. The van der Waals surface area contributed by atoms with Gasteiger partial charge >= 0.3 is 5.97 Å². The summed E-state index contributed by atoms with van der Waals surface area (Å²) in [6, 6.07) is 5.64.